The van der Waals surface area contributed by atoms with Crippen molar-refractivity contribution in [1.29, 1.82) is 0 Å². The number of ether oxygens (including phenoxy) is 2. The van der Waals surface area contributed by atoms with E-state index < -0.39 is 21.5 Å². The van der Waals surface area contributed by atoms with Gasteiger partial charge in [0.25, 0.3) is 0 Å². The highest BCUT2D eigenvalue weighted by molar-refractivity contribution is 7.91. The first kappa shape index (κ1) is 28.3. The lowest BCUT2D eigenvalue weighted by molar-refractivity contribution is 0.0566. The second kappa shape index (κ2) is 10.8. The van der Waals surface area contributed by atoms with Crippen LogP contribution in [0.3, 0.4) is 0 Å². The molecule has 0 saturated heterocycles. The second-order valence-electron chi connectivity index (χ2n) is 12.2. The van der Waals surface area contributed by atoms with Crippen LogP contribution < -0.4 is 19.9 Å². The Hall–Kier alpha value is -3.86. The molecule has 3 aliphatic rings. The molecule has 0 unspecified atom stereocenters. The molecule has 0 spiro atoms. The highest BCUT2D eigenvalue weighted by atomic mass is 32.2. The van der Waals surface area contributed by atoms with E-state index in [4.69, 9.17) is 9.47 Å². The third-order valence-electron chi connectivity index (χ3n) is 7.75. The van der Waals surface area contributed by atoms with Gasteiger partial charge in [-0.3, -0.25) is 4.90 Å². The summed E-state index contributed by atoms with van der Waals surface area (Å²) >= 11 is 0. The Morgan fingerprint density at radius 1 is 1.10 bits per heavy atom. The smallest absolute Gasteiger partial charge is 0.415 e. The molecule has 2 aliphatic heterocycles. The molecule has 42 heavy (non-hydrogen) atoms. The van der Waals surface area contributed by atoms with Crippen molar-refractivity contribution in [2.45, 2.75) is 70.1 Å². The molecule has 1 saturated carbocycles. The van der Waals surface area contributed by atoms with Crippen molar-refractivity contribution in [3.63, 3.8) is 0 Å². The number of benzene rings is 1. The predicted octanol–water partition coefficient (Wildman–Crippen LogP) is 5.30. The summed E-state index contributed by atoms with van der Waals surface area (Å²) in [5.41, 5.74) is 5.91. The minimum absolute atomic E-state index is 0.0868. The van der Waals surface area contributed by atoms with E-state index in [-0.39, 0.29) is 11.0 Å². The van der Waals surface area contributed by atoms with Crippen LogP contribution in [0.1, 0.15) is 55.9 Å². The monoisotopic (exact) mass is 591 g/mol. The topological polar surface area (TPSA) is 114 Å². The van der Waals surface area contributed by atoms with Gasteiger partial charge < -0.3 is 19.7 Å². The first-order valence-electron chi connectivity index (χ1n) is 14.4. The van der Waals surface area contributed by atoms with Crippen LogP contribution in [0.4, 0.5) is 27.7 Å². The van der Waals surface area contributed by atoms with Crippen molar-refractivity contribution in [2.24, 2.45) is 0 Å². The first-order chi connectivity index (χ1) is 20.0. The van der Waals surface area contributed by atoms with Gasteiger partial charge in [0.05, 0.1) is 29.4 Å². The molecular formula is C31H37N5O5S. The van der Waals surface area contributed by atoms with Gasteiger partial charge >= 0.3 is 6.09 Å². The van der Waals surface area contributed by atoms with Gasteiger partial charge in [0.2, 0.25) is 5.88 Å². The van der Waals surface area contributed by atoms with E-state index in [9.17, 15) is 13.2 Å². The highest BCUT2D eigenvalue weighted by Crippen LogP contribution is 2.40. The van der Waals surface area contributed by atoms with Crippen LogP contribution in [0.5, 0.6) is 5.88 Å². The van der Waals surface area contributed by atoms with E-state index in [1.807, 2.05) is 64.4 Å². The Bertz CT molecular complexity index is 1610. The summed E-state index contributed by atoms with van der Waals surface area (Å²) in [6.07, 6.45) is 5.73. The number of hydrogen-bond donors (Lipinski definition) is 1. The molecule has 1 aromatic carbocycles. The molecule has 1 amide bonds. The Morgan fingerprint density at radius 3 is 2.57 bits per heavy atom. The standard InChI is InChI=1S/C31H37N5O5S/c1-20-26(17-33-29-28(20)36(13-14-40-29)30(37)41-31(2,3)4)35-12-11-22-16-32-27(15-23(22)18-35)34-24-7-5-21(6-8-24)19-42(38,39)25-9-10-25/h5-8,15-17,25H,9-14,18-19H2,1-4H3,(H,32,34). The number of fused-ring (bicyclic) bond motifs is 2. The summed E-state index contributed by atoms with van der Waals surface area (Å²) in [4.78, 5) is 26.1. The molecule has 2 aromatic heterocycles. The average Bonchev–Trinajstić information content (AvgIpc) is 3.79. The zero-order chi connectivity index (χ0) is 29.6. The lowest BCUT2D eigenvalue weighted by Crippen LogP contribution is -2.42. The van der Waals surface area contributed by atoms with E-state index in [1.54, 1.807) is 4.90 Å². The van der Waals surface area contributed by atoms with Crippen LogP contribution in [0.2, 0.25) is 0 Å². The molecule has 6 rings (SSSR count). The van der Waals surface area contributed by atoms with Gasteiger partial charge in [0, 0.05) is 30.5 Å². The molecule has 3 aromatic rings. The number of nitrogens with one attached hydrogen (secondary N) is 1. The maximum Gasteiger partial charge on any atom is 0.415 e. The molecule has 11 heteroatoms. The number of pyridine rings is 2. The van der Waals surface area contributed by atoms with Gasteiger partial charge in [-0.05, 0) is 81.8 Å². The molecule has 4 heterocycles. The molecule has 0 radical (unpaired) electrons. The molecule has 0 atom stereocenters. The fraction of sp³-hybridized carbons (Fsp3) is 0.452. The van der Waals surface area contributed by atoms with Crippen molar-refractivity contribution in [2.75, 3.05) is 34.8 Å². The van der Waals surface area contributed by atoms with Crippen molar-refractivity contribution in [3.8, 4) is 5.88 Å². The number of rotatable bonds is 6. The largest absolute Gasteiger partial charge is 0.474 e. The molecule has 1 fully saturated rings. The fourth-order valence-corrected chi connectivity index (χ4v) is 7.22. The molecular weight excluding hydrogens is 554 g/mol. The van der Waals surface area contributed by atoms with Gasteiger partial charge in [0.1, 0.15) is 23.7 Å². The lowest BCUT2D eigenvalue weighted by Gasteiger charge is -2.35. The number of carbonyl (C=O) groups is 1. The van der Waals surface area contributed by atoms with E-state index in [1.165, 1.54) is 5.56 Å². The van der Waals surface area contributed by atoms with E-state index in [0.29, 0.717) is 31.3 Å². The highest BCUT2D eigenvalue weighted by Gasteiger charge is 2.35. The Morgan fingerprint density at radius 2 is 1.86 bits per heavy atom. The van der Waals surface area contributed by atoms with E-state index in [2.05, 4.69) is 26.3 Å². The van der Waals surface area contributed by atoms with Gasteiger partial charge in [0.15, 0.2) is 9.84 Å². The number of hydrogen-bond acceptors (Lipinski definition) is 9. The molecule has 10 nitrogen and oxygen atoms in total. The molecule has 1 N–H and O–H groups in total. The van der Waals surface area contributed by atoms with Crippen LogP contribution in [0.25, 0.3) is 0 Å². The summed E-state index contributed by atoms with van der Waals surface area (Å²) < 4.78 is 36.1. The van der Waals surface area contributed by atoms with Gasteiger partial charge in [-0.1, -0.05) is 12.1 Å². The zero-order valence-electron chi connectivity index (χ0n) is 24.5. The molecule has 0 bridgehead atoms. The van der Waals surface area contributed by atoms with Crippen LogP contribution in [-0.4, -0.2) is 55.0 Å². The predicted molar refractivity (Wildman–Crippen MR) is 162 cm³/mol. The number of nitrogens with zero attached hydrogens (tertiary/aromatic N) is 4. The Balaban J connectivity index is 1.18. The van der Waals surface area contributed by atoms with Crippen molar-refractivity contribution < 1.29 is 22.7 Å². The number of sulfone groups is 1. The normalized spacial score (nSPS) is 16.8. The van der Waals surface area contributed by atoms with Crippen molar-refractivity contribution in [1.82, 2.24) is 9.97 Å². The summed E-state index contributed by atoms with van der Waals surface area (Å²) in [7, 11) is -3.05. The number of anilines is 4. The Kier molecular flexibility index (Phi) is 7.24. The molecule has 222 valence electrons. The summed E-state index contributed by atoms with van der Waals surface area (Å²) in [5, 5.41) is 3.20. The van der Waals surface area contributed by atoms with Crippen molar-refractivity contribution in [3.05, 3.63) is 65.0 Å². The maximum atomic E-state index is 13.0. The summed E-state index contributed by atoms with van der Waals surface area (Å²) in [6.45, 7) is 9.78. The second-order valence-corrected chi connectivity index (χ2v) is 14.5. The van der Waals surface area contributed by atoms with E-state index in [0.717, 1.165) is 59.7 Å². The van der Waals surface area contributed by atoms with Crippen LogP contribution in [0.15, 0.2) is 42.7 Å². The lowest BCUT2D eigenvalue weighted by atomic mass is 10.0. The fourth-order valence-electron chi connectivity index (χ4n) is 5.47. The summed E-state index contributed by atoms with van der Waals surface area (Å²) in [5.74, 6) is 1.25. The number of amides is 1. The van der Waals surface area contributed by atoms with Gasteiger partial charge in [-0.25, -0.2) is 23.2 Å². The average molecular weight is 592 g/mol. The molecule has 1 aliphatic carbocycles. The van der Waals surface area contributed by atoms with Crippen LogP contribution in [-0.2, 0) is 33.3 Å². The maximum absolute atomic E-state index is 13.0. The number of carbonyl (C=O) groups excluding carboxylic acids is 1. The van der Waals surface area contributed by atoms with Crippen LogP contribution >= 0.6 is 0 Å². The third kappa shape index (κ3) is 6.01. The quantitative estimate of drug-likeness (QED) is 0.408. The minimum atomic E-state index is -3.05. The third-order valence-corrected chi connectivity index (χ3v) is 9.97. The van der Waals surface area contributed by atoms with Gasteiger partial charge in [-0.2, -0.15) is 0 Å². The summed E-state index contributed by atoms with van der Waals surface area (Å²) in [6, 6.07) is 9.57. The number of aromatic nitrogens is 2. The van der Waals surface area contributed by atoms with Crippen LogP contribution in [0, 0.1) is 6.92 Å². The zero-order valence-corrected chi connectivity index (χ0v) is 25.3. The Labute approximate surface area is 247 Å². The minimum Gasteiger partial charge on any atom is -0.474 e. The van der Waals surface area contributed by atoms with Gasteiger partial charge in [-0.15, -0.1) is 0 Å². The van der Waals surface area contributed by atoms with Crippen molar-refractivity contribution >= 4 is 38.8 Å². The van der Waals surface area contributed by atoms with E-state index >= 15 is 0 Å². The first-order valence-corrected chi connectivity index (χ1v) is 16.1. The SMILES string of the molecule is Cc1c(N2CCc3cnc(Nc4ccc(CS(=O)(=O)C5CC5)cc4)cc3C2)cnc2c1N(C(=O)OC(C)(C)C)CCO2.